The molecule has 1 aliphatic carbocycles. The number of hydrogen-bond donors (Lipinski definition) is 1. The van der Waals surface area contributed by atoms with E-state index < -0.39 is 27.2 Å². The molecule has 0 aromatic heterocycles. The van der Waals surface area contributed by atoms with Crippen LogP contribution in [0.4, 0.5) is 0 Å². The first kappa shape index (κ1) is 18.1. The fourth-order valence-corrected chi connectivity index (χ4v) is 4.82. The fourth-order valence-electron chi connectivity index (χ4n) is 3.90. The van der Waals surface area contributed by atoms with Crippen molar-refractivity contribution >= 4 is 21.9 Å². The van der Waals surface area contributed by atoms with Crippen LogP contribution in [-0.2, 0) is 10.1 Å². The quantitative estimate of drug-likeness (QED) is 0.618. The molecule has 1 saturated carbocycles. The minimum Gasteiger partial charge on any atom is -0.285 e. The summed E-state index contributed by atoms with van der Waals surface area (Å²) in [5.41, 5.74) is 0.700. The Labute approximate surface area is 148 Å². The molecular weight excluding hydrogens is 342 g/mol. The second kappa shape index (κ2) is 7.25. The highest BCUT2D eigenvalue weighted by molar-refractivity contribution is 7.86. The van der Waals surface area contributed by atoms with Crippen LogP contribution in [0.15, 0.2) is 24.3 Å². The summed E-state index contributed by atoms with van der Waals surface area (Å²) in [6.07, 6.45) is 5.74. The lowest BCUT2D eigenvalue weighted by atomic mass is 9.85. The SMILES string of the molecule is O=C1c2ccccc2C(=O)N1CCC(CC1CCCCC1)S(=O)(=O)O. The molecule has 3 rings (SSSR count). The van der Waals surface area contributed by atoms with E-state index in [-0.39, 0.29) is 18.9 Å². The van der Waals surface area contributed by atoms with E-state index in [1.165, 1.54) is 6.42 Å². The van der Waals surface area contributed by atoms with Gasteiger partial charge < -0.3 is 0 Å². The molecule has 0 saturated heterocycles. The summed E-state index contributed by atoms with van der Waals surface area (Å²) in [5.74, 6) is -0.512. The maximum atomic E-state index is 12.4. The summed E-state index contributed by atoms with van der Waals surface area (Å²) in [5, 5.41) is -0.931. The van der Waals surface area contributed by atoms with Gasteiger partial charge in [0, 0.05) is 6.54 Å². The van der Waals surface area contributed by atoms with Crippen LogP contribution in [0, 0.1) is 5.92 Å². The number of amides is 2. The van der Waals surface area contributed by atoms with Gasteiger partial charge in [0.25, 0.3) is 21.9 Å². The summed E-state index contributed by atoms with van der Waals surface area (Å²) in [7, 11) is -4.21. The maximum absolute atomic E-state index is 12.4. The minimum absolute atomic E-state index is 0.00350. The highest BCUT2D eigenvalue weighted by Gasteiger charge is 2.36. The zero-order valence-corrected chi connectivity index (χ0v) is 14.9. The van der Waals surface area contributed by atoms with Crippen molar-refractivity contribution < 1.29 is 22.6 Å². The van der Waals surface area contributed by atoms with Gasteiger partial charge in [-0.15, -0.1) is 0 Å². The van der Waals surface area contributed by atoms with Crippen LogP contribution in [0.5, 0.6) is 0 Å². The molecule has 0 radical (unpaired) electrons. The van der Waals surface area contributed by atoms with Gasteiger partial charge in [0.1, 0.15) is 0 Å². The zero-order valence-electron chi connectivity index (χ0n) is 14.1. The van der Waals surface area contributed by atoms with Gasteiger partial charge >= 0.3 is 0 Å². The Bertz CT molecular complexity index is 732. The van der Waals surface area contributed by atoms with Crippen LogP contribution in [0.1, 0.15) is 65.7 Å². The first-order valence-electron chi connectivity index (χ1n) is 8.79. The standard InChI is InChI=1S/C18H23NO5S/c20-17-15-8-4-5-9-16(15)18(21)19(17)11-10-14(25(22,23)24)12-13-6-2-1-3-7-13/h4-5,8-9,13-14H,1-3,6-7,10-12H2,(H,22,23,24). The first-order valence-corrected chi connectivity index (χ1v) is 10.3. The lowest BCUT2D eigenvalue weighted by Crippen LogP contribution is -2.35. The zero-order chi connectivity index (χ0) is 18.0. The third-order valence-corrected chi connectivity index (χ3v) is 6.57. The van der Waals surface area contributed by atoms with Crippen molar-refractivity contribution in [2.24, 2.45) is 5.92 Å². The molecular formula is C18H23NO5S. The van der Waals surface area contributed by atoms with Gasteiger partial charge in [0.05, 0.1) is 16.4 Å². The van der Waals surface area contributed by atoms with Gasteiger partial charge in [-0.25, -0.2) is 0 Å². The Morgan fingerprint density at radius 2 is 1.60 bits per heavy atom. The molecule has 1 atom stereocenters. The number of benzene rings is 1. The Balaban J connectivity index is 1.67. The number of hydrogen-bond acceptors (Lipinski definition) is 4. The predicted molar refractivity (Wildman–Crippen MR) is 93.0 cm³/mol. The molecule has 0 spiro atoms. The summed E-state index contributed by atoms with van der Waals surface area (Å²) < 4.78 is 33.1. The van der Waals surface area contributed by atoms with E-state index in [9.17, 15) is 22.6 Å². The van der Waals surface area contributed by atoms with Crippen molar-refractivity contribution in [1.82, 2.24) is 4.90 Å². The van der Waals surface area contributed by atoms with Crippen molar-refractivity contribution in [2.45, 2.75) is 50.2 Å². The van der Waals surface area contributed by atoms with Gasteiger partial charge in [0.15, 0.2) is 0 Å². The summed E-state index contributed by atoms with van der Waals surface area (Å²) >= 11 is 0. The van der Waals surface area contributed by atoms with Gasteiger partial charge in [-0.05, 0) is 30.9 Å². The first-order chi connectivity index (χ1) is 11.9. The molecule has 7 heteroatoms. The lowest BCUT2D eigenvalue weighted by Gasteiger charge is -2.26. The normalized spacial score (nSPS) is 20.0. The van der Waals surface area contributed by atoms with Gasteiger partial charge in [-0.3, -0.25) is 19.0 Å². The van der Waals surface area contributed by atoms with Crippen LogP contribution in [0.3, 0.4) is 0 Å². The van der Waals surface area contributed by atoms with E-state index in [4.69, 9.17) is 0 Å². The monoisotopic (exact) mass is 365 g/mol. The number of imide groups is 1. The summed E-state index contributed by atoms with van der Waals surface area (Å²) in [6, 6.07) is 6.57. The van der Waals surface area contributed by atoms with E-state index in [0.29, 0.717) is 17.5 Å². The molecule has 1 aliphatic heterocycles. The highest BCUT2D eigenvalue weighted by Crippen LogP contribution is 2.30. The average molecular weight is 365 g/mol. The highest BCUT2D eigenvalue weighted by atomic mass is 32.2. The van der Waals surface area contributed by atoms with Gasteiger partial charge in [-0.2, -0.15) is 8.42 Å². The van der Waals surface area contributed by atoms with Crippen molar-refractivity contribution in [3.8, 4) is 0 Å². The van der Waals surface area contributed by atoms with E-state index >= 15 is 0 Å². The van der Waals surface area contributed by atoms with Crippen molar-refractivity contribution in [3.05, 3.63) is 35.4 Å². The van der Waals surface area contributed by atoms with Crippen LogP contribution < -0.4 is 0 Å². The Morgan fingerprint density at radius 3 is 2.12 bits per heavy atom. The summed E-state index contributed by atoms with van der Waals surface area (Å²) in [4.78, 5) is 25.8. The Kier molecular flexibility index (Phi) is 5.24. The van der Waals surface area contributed by atoms with Crippen LogP contribution in [0.25, 0.3) is 0 Å². The number of carbonyl (C=O) groups is 2. The largest absolute Gasteiger partial charge is 0.285 e. The number of rotatable bonds is 6. The molecule has 1 aromatic rings. The Morgan fingerprint density at radius 1 is 1.04 bits per heavy atom. The molecule has 1 N–H and O–H groups in total. The van der Waals surface area contributed by atoms with Crippen molar-refractivity contribution in [2.75, 3.05) is 6.54 Å². The average Bonchev–Trinajstić information content (AvgIpc) is 2.83. The molecule has 1 fully saturated rings. The lowest BCUT2D eigenvalue weighted by molar-refractivity contribution is 0.0650. The fraction of sp³-hybridized carbons (Fsp3) is 0.556. The van der Waals surface area contributed by atoms with Gasteiger partial charge in [-0.1, -0.05) is 44.2 Å². The molecule has 6 nitrogen and oxygen atoms in total. The molecule has 25 heavy (non-hydrogen) atoms. The van der Waals surface area contributed by atoms with Gasteiger partial charge in [0.2, 0.25) is 0 Å². The van der Waals surface area contributed by atoms with E-state index in [1.54, 1.807) is 24.3 Å². The molecule has 0 bridgehead atoms. The molecule has 2 aliphatic rings. The maximum Gasteiger partial charge on any atom is 0.267 e. The second-order valence-electron chi connectivity index (χ2n) is 6.97. The third kappa shape index (κ3) is 3.93. The summed E-state index contributed by atoms with van der Waals surface area (Å²) in [6.45, 7) is 0.00350. The molecule has 1 aromatic carbocycles. The van der Waals surface area contributed by atoms with E-state index in [2.05, 4.69) is 0 Å². The predicted octanol–water partition coefficient (Wildman–Crippen LogP) is 2.90. The van der Waals surface area contributed by atoms with Crippen LogP contribution in [-0.4, -0.2) is 41.5 Å². The van der Waals surface area contributed by atoms with Crippen LogP contribution >= 0.6 is 0 Å². The smallest absolute Gasteiger partial charge is 0.267 e. The van der Waals surface area contributed by atoms with E-state index in [0.717, 1.165) is 30.6 Å². The molecule has 2 amide bonds. The number of nitrogens with zero attached hydrogens (tertiary/aromatic N) is 1. The van der Waals surface area contributed by atoms with Crippen molar-refractivity contribution in [1.29, 1.82) is 0 Å². The van der Waals surface area contributed by atoms with E-state index in [1.807, 2.05) is 0 Å². The topological polar surface area (TPSA) is 91.8 Å². The molecule has 1 heterocycles. The molecule has 136 valence electrons. The number of carbonyl (C=O) groups excluding carboxylic acids is 2. The Hall–Kier alpha value is -1.73. The van der Waals surface area contributed by atoms with Crippen LogP contribution in [0.2, 0.25) is 0 Å². The molecule has 1 unspecified atom stereocenters. The minimum atomic E-state index is -4.21. The third-order valence-electron chi connectivity index (χ3n) is 5.30. The number of fused-ring (bicyclic) bond motifs is 1. The second-order valence-corrected chi connectivity index (χ2v) is 8.67. The van der Waals surface area contributed by atoms with Crippen molar-refractivity contribution in [3.63, 3.8) is 0 Å².